The molecule has 1 atom stereocenters. The lowest BCUT2D eigenvalue weighted by Crippen LogP contribution is -2.31. The van der Waals surface area contributed by atoms with Crippen LogP contribution < -0.4 is 5.73 Å². The molecule has 2 N–H and O–H groups in total. The highest BCUT2D eigenvalue weighted by Gasteiger charge is 2.19. The van der Waals surface area contributed by atoms with Crippen molar-refractivity contribution in [2.24, 2.45) is 0 Å². The van der Waals surface area contributed by atoms with Crippen LogP contribution in [0.15, 0.2) is 54.6 Å². The van der Waals surface area contributed by atoms with Crippen LogP contribution in [0.1, 0.15) is 24.0 Å². The molecule has 0 radical (unpaired) electrons. The SMILES string of the molecule is Cl.Nc1cccc(CN(Cc2ccccc2)CC2CCCO2)c1. The Morgan fingerprint density at radius 1 is 1.00 bits per heavy atom. The molecule has 0 aliphatic carbocycles. The number of nitrogen functional groups attached to an aromatic ring is 1. The number of anilines is 1. The Morgan fingerprint density at radius 3 is 2.43 bits per heavy atom. The Bertz CT molecular complexity index is 585. The second-order valence-corrected chi connectivity index (χ2v) is 6.04. The first-order valence-electron chi connectivity index (χ1n) is 8.02. The topological polar surface area (TPSA) is 38.5 Å². The van der Waals surface area contributed by atoms with E-state index in [0.29, 0.717) is 6.10 Å². The van der Waals surface area contributed by atoms with Gasteiger partial charge in [-0.3, -0.25) is 4.90 Å². The van der Waals surface area contributed by atoms with Crippen molar-refractivity contribution in [1.29, 1.82) is 0 Å². The van der Waals surface area contributed by atoms with Gasteiger partial charge < -0.3 is 10.5 Å². The summed E-state index contributed by atoms with van der Waals surface area (Å²) in [6.07, 6.45) is 2.72. The van der Waals surface area contributed by atoms with Gasteiger partial charge in [0.05, 0.1) is 6.10 Å². The van der Waals surface area contributed by atoms with Crippen LogP contribution in [0.5, 0.6) is 0 Å². The number of rotatable bonds is 6. The van der Waals surface area contributed by atoms with E-state index >= 15 is 0 Å². The van der Waals surface area contributed by atoms with Gasteiger partial charge in [0.2, 0.25) is 0 Å². The average molecular weight is 333 g/mol. The highest BCUT2D eigenvalue weighted by Crippen LogP contribution is 2.18. The highest BCUT2D eigenvalue weighted by molar-refractivity contribution is 5.85. The van der Waals surface area contributed by atoms with Crippen LogP contribution in [-0.4, -0.2) is 24.2 Å². The first-order chi connectivity index (χ1) is 10.8. The smallest absolute Gasteiger partial charge is 0.0703 e. The molecule has 124 valence electrons. The summed E-state index contributed by atoms with van der Waals surface area (Å²) in [6.45, 7) is 3.72. The number of benzene rings is 2. The largest absolute Gasteiger partial charge is 0.399 e. The summed E-state index contributed by atoms with van der Waals surface area (Å²) in [6, 6.07) is 18.8. The van der Waals surface area contributed by atoms with Crippen LogP contribution in [-0.2, 0) is 17.8 Å². The number of hydrogen-bond acceptors (Lipinski definition) is 3. The van der Waals surface area contributed by atoms with Crippen molar-refractivity contribution < 1.29 is 4.74 Å². The van der Waals surface area contributed by atoms with Crippen molar-refractivity contribution in [2.45, 2.75) is 32.0 Å². The molecular weight excluding hydrogens is 308 g/mol. The fourth-order valence-electron chi connectivity index (χ4n) is 3.05. The van der Waals surface area contributed by atoms with Crippen molar-refractivity contribution >= 4 is 18.1 Å². The molecule has 2 aromatic rings. The van der Waals surface area contributed by atoms with Gasteiger partial charge in [0, 0.05) is 31.9 Å². The first-order valence-corrected chi connectivity index (χ1v) is 8.02. The molecule has 3 rings (SSSR count). The molecule has 0 bridgehead atoms. The third-order valence-corrected chi connectivity index (χ3v) is 4.09. The van der Waals surface area contributed by atoms with Crippen LogP contribution in [0.3, 0.4) is 0 Å². The zero-order chi connectivity index (χ0) is 15.2. The van der Waals surface area contributed by atoms with Crippen LogP contribution in [0.25, 0.3) is 0 Å². The minimum absolute atomic E-state index is 0. The number of ether oxygens (including phenoxy) is 1. The third-order valence-electron chi connectivity index (χ3n) is 4.09. The van der Waals surface area contributed by atoms with E-state index in [1.807, 2.05) is 12.1 Å². The van der Waals surface area contributed by atoms with Gasteiger partial charge in [-0.15, -0.1) is 12.4 Å². The summed E-state index contributed by atoms with van der Waals surface area (Å²) in [4.78, 5) is 2.46. The molecule has 2 aromatic carbocycles. The molecule has 0 amide bonds. The molecule has 1 unspecified atom stereocenters. The van der Waals surface area contributed by atoms with E-state index in [1.54, 1.807) is 0 Å². The quantitative estimate of drug-likeness (QED) is 0.816. The lowest BCUT2D eigenvalue weighted by molar-refractivity contribution is 0.0679. The normalized spacial score (nSPS) is 17.2. The predicted octanol–water partition coefficient (Wildman–Crippen LogP) is 3.87. The Kier molecular flexibility index (Phi) is 6.90. The zero-order valence-corrected chi connectivity index (χ0v) is 14.2. The van der Waals surface area contributed by atoms with E-state index in [9.17, 15) is 0 Å². The van der Waals surface area contributed by atoms with Crippen LogP contribution in [0.2, 0.25) is 0 Å². The Morgan fingerprint density at radius 2 is 1.74 bits per heavy atom. The molecule has 1 fully saturated rings. The molecule has 0 spiro atoms. The minimum Gasteiger partial charge on any atom is -0.399 e. The summed E-state index contributed by atoms with van der Waals surface area (Å²) in [5.41, 5.74) is 9.33. The van der Waals surface area contributed by atoms with Gasteiger partial charge in [-0.25, -0.2) is 0 Å². The summed E-state index contributed by atoms with van der Waals surface area (Å²) >= 11 is 0. The van der Waals surface area contributed by atoms with Crippen molar-refractivity contribution in [3.8, 4) is 0 Å². The molecule has 23 heavy (non-hydrogen) atoms. The van der Waals surface area contributed by atoms with Crippen molar-refractivity contribution in [2.75, 3.05) is 18.9 Å². The fourth-order valence-corrected chi connectivity index (χ4v) is 3.05. The van der Waals surface area contributed by atoms with E-state index in [4.69, 9.17) is 10.5 Å². The summed E-state index contributed by atoms with van der Waals surface area (Å²) < 4.78 is 5.82. The van der Waals surface area contributed by atoms with Crippen LogP contribution in [0.4, 0.5) is 5.69 Å². The molecule has 0 saturated carbocycles. The lowest BCUT2D eigenvalue weighted by atomic mass is 10.1. The Balaban J connectivity index is 0.00000192. The maximum absolute atomic E-state index is 5.91. The molecule has 3 nitrogen and oxygen atoms in total. The standard InChI is InChI=1S/C19H24N2O.ClH/c20-18-9-4-8-17(12-18)14-21(15-19-10-5-11-22-19)13-16-6-2-1-3-7-16;/h1-4,6-9,12,19H,5,10-11,13-15,20H2;1H. The van der Waals surface area contributed by atoms with Gasteiger partial charge in [0.15, 0.2) is 0 Å². The molecule has 0 aromatic heterocycles. The van der Waals surface area contributed by atoms with Crippen LogP contribution >= 0.6 is 12.4 Å². The zero-order valence-electron chi connectivity index (χ0n) is 13.4. The second kappa shape index (κ2) is 8.92. The molecule has 1 saturated heterocycles. The van der Waals surface area contributed by atoms with E-state index in [1.165, 1.54) is 24.0 Å². The third kappa shape index (κ3) is 5.54. The van der Waals surface area contributed by atoms with Gasteiger partial charge in [0.1, 0.15) is 0 Å². The Labute approximate surface area is 144 Å². The van der Waals surface area contributed by atoms with Crippen molar-refractivity contribution in [3.63, 3.8) is 0 Å². The van der Waals surface area contributed by atoms with Gasteiger partial charge in [-0.2, -0.15) is 0 Å². The monoisotopic (exact) mass is 332 g/mol. The van der Waals surface area contributed by atoms with E-state index in [-0.39, 0.29) is 12.4 Å². The average Bonchev–Trinajstić information content (AvgIpc) is 3.01. The predicted molar refractivity (Wildman–Crippen MR) is 97.6 cm³/mol. The number of nitrogens with zero attached hydrogens (tertiary/aromatic N) is 1. The second-order valence-electron chi connectivity index (χ2n) is 6.04. The summed E-state index contributed by atoms with van der Waals surface area (Å²) in [7, 11) is 0. The molecule has 1 heterocycles. The fraction of sp³-hybridized carbons (Fsp3) is 0.368. The number of nitrogens with two attached hydrogens (primary N) is 1. The lowest BCUT2D eigenvalue weighted by Gasteiger charge is -2.25. The summed E-state index contributed by atoms with van der Waals surface area (Å²) in [5.74, 6) is 0. The highest BCUT2D eigenvalue weighted by atomic mass is 35.5. The maximum Gasteiger partial charge on any atom is 0.0703 e. The molecule has 1 aliphatic heterocycles. The van der Waals surface area contributed by atoms with E-state index < -0.39 is 0 Å². The number of hydrogen-bond donors (Lipinski definition) is 1. The molecular formula is C19H25ClN2O. The molecule has 1 aliphatic rings. The number of halogens is 1. The van der Waals surface area contributed by atoms with Gasteiger partial charge in [-0.05, 0) is 36.1 Å². The van der Waals surface area contributed by atoms with Gasteiger partial charge in [-0.1, -0.05) is 42.5 Å². The van der Waals surface area contributed by atoms with Gasteiger partial charge >= 0.3 is 0 Å². The minimum atomic E-state index is 0. The summed E-state index contributed by atoms with van der Waals surface area (Å²) in [5, 5.41) is 0. The van der Waals surface area contributed by atoms with Gasteiger partial charge in [0.25, 0.3) is 0 Å². The molecule has 4 heteroatoms. The van der Waals surface area contributed by atoms with Crippen molar-refractivity contribution in [1.82, 2.24) is 4.90 Å². The van der Waals surface area contributed by atoms with Crippen molar-refractivity contribution in [3.05, 3.63) is 65.7 Å². The first kappa shape index (κ1) is 17.8. The maximum atomic E-state index is 5.91. The Hall–Kier alpha value is -1.55. The van der Waals surface area contributed by atoms with E-state index in [2.05, 4.69) is 47.4 Å². The van der Waals surface area contributed by atoms with E-state index in [0.717, 1.165) is 31.9 Å². The van der Waals surface area contributed by atoms with Crippen LogP contribution in [0, 0.1) is 0 Å².